The van der Waals surface area contributed by atoms with Crippen molar-refractivity contribution >= 4 is 17.2 Å². The van der Waals surface area contributed by atoms with Crippen molar-refractivity contribution in [2.24, 2.45) is 5.73 Å². The van der Waals surface area contributed by atoms with Gasteiger partial charge in [0.25, 0.3) is 5.91 Å². The predicted molar refractivity (Wildman–Crippen MR) is 79.9 cm³/mol. The minimum atomic E-state index is -0.418. The molecule has 3 heterocycles. The van der Waals surface area contributed by atoms with E-state index in [9.17, 15) is 4.79 Å². The standard InChI is InChI=1S/C14H13N5OS/c1-9-5-11(21-12(9)13(15)20)14-17-8-19(18-14)7-10-3-2-4-16-6-10/h2-6,8H,7H2,1H3,(H2,15,20). The van der Waals surface area contributed by atoms with E-state index in [1.807, 2.05) is 25.1 Å². The number of nitrogens with two attached hydrogens (primary N) is 1. The second-order valence-electron chi connectivity index (χ2n) is 4.61. The first-order valence-corrected chi connectivity index (χ1v) is 7.14. The second kappa shape index (κ2) is 5.45. The fourth-order valence-electron chi connectivity index (χ4n) is 2.00. The van der Waals surface area contributed by atoms with Gasteiger partial charge in [-0.25, -0.2) is 9.67 Å². The topological polar surface area (TPSA) is 86.7 Å². The number of aromatic nitrogens is 4. The highest BCUT2D eigenvalue weighted by atomic mass is 32.1. The number of nitrogens with zero attached hydrogens (tertiary/aromatic N) is 4. The van der Waals surface area contributed by atoms with Crippen molar-refractivity contribution < 1.29 is 4.79 Å². The Morgan fingerprint density at radius 1 is 1.48 bits per heavy atom. The van der Waals surface area contributed by atoms with Gasteiger partial charge in [0.1, 0.15) is 6.33 Å². The fourth-order valence-corrected chi connectivity index (χ4v) is 2.96. The summed E-state index contributed by atoms with van der Waals surface area (Å²) in [6.45, 7) is 2.46. The molecule has 3 aromatic rings. The van der Waals surface area contributed by atoms with Crippen LogP contribution in [0.1, 0.15) is 20.8 Å². The lowest BCUT2D eigenvalue weighted by Gasteiger charge is -1.98. The van der Waals surface area contributed by atoms with Gasteiger partial charge in [-0.2, -0.15) is 0 Å². The third-order valence-electron chi connectivity index (χ3n) is 2.97. The maximum Gasteiger partial charge on any atom is 0.259 e. The Labute approximate surface area is 125 Å². The third kappa shape index (κ3) is 2.82. The molecule has 21 heavy (non-hydrogen) atoms. The van der Waals surface area contributed by atoms with E-state index in [2.05, 4.69) is 15.1 Å². The molecule has 0 aromatic carbocycles. The molecule has 6 nitrogen and oxygen atoms in total. The van der Waals surface area contributed by atoms with Crippen LogP contribution in [-0.4, -0.2) is 25.7 Å². The number of rotatable bonds is 4. The summed E-state index contributed by atoms with van der Waals surface area (Å²) in [7, 11) is 0. The third-order valence-corrected chi connectivity index (χ3v) is 4.21. The van der Waals surface area contributed by atoms with E-state index in [-0.39, 0.29) is 0 Å². The molecule has 0 atom stereocenters. The molecular formula is C14H13N5OS. The lowest BCUT2D eigenvalue weighted by atomic mass is 10.2. The molecule has 0 aliphatic rings. The molecular weight excluding hydrogens is 286 g/mol. The molecule has 0 saturated heterocycles. The Hall–Kier alpha value is -2.54. The molecule has 3 rings (SSSR count). The Balaban J connectivity index is 1.85. The van der Waals surface area contributed by atoms with E-state index in [1.54, 1.807) is 23.4 Å². The van der Waals surface area contributed by atoms with Crippen LogP contribution >= 0.6 is 11.3 Å². The van der Waals surface area contributed by atoms with E-state index in [0.29, 0.717) is 17.2 Å². The smallest absolute Gasteiger partial charge is 0.259 e. The van der Waals surface area contributed by atoms with E-state index < -0.39 is 5.91 Å². The van der Waals surface area contributed by atoms with E-state index >= 15 is 0 Å². The summed E-state index contributed by atoms with van der Waals surface area (Å²) in [6, 6.07) is 5.75. The molecule has 0 radical (unpaired) electrons. The average molecular weight is 299 g/mol. The zero-order valence-electron chi connectivity index (χ0n) is 11.4. The van der Waals surface area contributed by atoms with Crippen LogP contribution in [-0.2, 0) is 6.54 Å². The van der Waals surface area contributed by atoms with Crippen LogP contribution in [0, 0.1) is 6.92 Å². The molecule has 0 fully saturated rings. The molecule has 0 saturated carbocycles. The van der Waals surface area contributed by atoms with Gasteiger partial charge in [0.2, 0.25) is 0 Å². The van der Waals surface area contributed by atoms with Crippen LogP contribution < -0.4 is 5.73 Å². The van der Waals surface area contributed by atoms with Gasteiger partial charge in [-0.1, -0.05) is 6.07 Å². The normalized spacial score (nSPS) is 10.7. The fraction of sp³-hybridized carbons (Fsp3) is 0.143. The number of primary amides is 1. The van der Waals surface area contributed by atoms with Crippen LogP contribution in [0.3, 0.4) is 0 Å². The summed E-state index contributed by atoms with van der Waals surface area (Å²) >= 11 is 1.32. The monoisotopic (exact) mass is 299 g/mol. The maximum absolute atomic E-state index is 11.3. The summed E-state index contributed by atoms with van der Waals surface area (Å²) in [5.41, 5.74) is 7.23. The number of amides is 1. The number of pyridine rings is 1. The van der Waals surface area contributed by atoms with Crippen molar-refractivity contribution in [2.45, 2.75) is 13.5 Å². The summed E-state index contributed by atoms with van der Waals surface area (Å²) in [5.74, 6) is 0.179. The number of hydrogen-bond donors (Lipinski definition) is 1. The van der Waals surface area contributed by atoms with Gasteiger partial charge in [0, 0.05) is 12.4 Å². The Morgan fingerprint density at radius 2 is 2.33 bits per heavy atom. The molecule has 1 amide bonds. The van der Waals surface area contributed by atoms with Crippen molar-refractivity contribution in [3.8, 4) is 10.7 Å². The largest absolute Gasteiger partial charge is 0.365 e. The lowest BCUT2D eigenvalue weighted by molar-refractivity contribution is 0.100. The average Bonchev–Trinajstić information content (AvgIpc) is 3.06. The second-order valence-corrected chi connectivity index (χ2v) is 5.67. The van der Waals surface area contributed by atoms with E-state index in [4.69, 9.17) is 5.73 Å². The molecule has 0 bridgehead atoms. The van der Waals surface area contributed by atoms with Gasteiger partial charge in [0.15, 0.2) is 5.82 Å². The van der Waals surface area contributed by atoms with Crippen LogP contribution in [0.25, 0.3) is 10.7 Å². The van der Waals surface area contributed by atoms with Gasteiger partial charge >= 0.3 is 0 Å². The lowest BCUT2D eigenvalue weighted by Crippen LogP contribution is -2.09. The Bertz CT molecular complexity index is 778. The van der Waals surface area contributed by atoms with Gasteiger partial charge in [-0.05, 0) is 30.2 Å². The first kappa shape index (κ1) is 13.4. The van der Waals surface area contributed by atoms with Crippen LogP contribution in [0.2, 0.25) is 0 Å². The highest BCUT2D eigenvalue weighted by Crippen LogP contribution is 2.28. The summed E-state index contributed by atoms with van der Waals surface area (Å²) in [4.78, 5) is 21.0. The van der Waals surface area contributed by atoms with E-state index in [1.165, 1.54) is 11.3 Å². The van der Waals surface area contributed by atoms with Crippen molar-refractivity contribution in [1.29, 1.82) is 0 Å². The molecule has 2 N–H and O–H groups in total. The summed E-state index contributed by atoms with van der Waals surface area (Å²) in [6.07, 6.45) is 5.19. The van der Waals surface area contributed by atoms with E-state index in [0.717, 1.165) is 16.0 Å². The molecule has 7 heteroatoms. The predicted octanol–water partition coefficient (Wildman–Crippen LogP) is 1.86. The van der Waals surface area contributed by atoms with Crippen molar-refractivity contribution in [3.05, 3.63) is 52.9 Å². The van der Waals surface area contributed by atoms with Gasteiger partial charge in [-0.15, -0.1) is 16.4 Å². The van der Waals surface area contributed by atoms with Crippen molar-refractivity contribution in [3.63, 3.8) is 0 Å². The molecule has 0 unspecified atom stereocenters. The Kier molecular flexibility index (Phi) is 3.49. The van der Waals surface area contributed by atoms with Gasteiger partial charge in [0.05, 0.1) is 16.3 Å². The number of thiophene rings is 1. The first-order chi connectivity index (χ1) is 10.1. The minimum absolute atomic E-state index is 0.418. The molecule has 106 valence electrons. The number of aryl methyl sites for hydroxylation is 1. The summed E-state index contributed by atoms with van der Waals surface area (Å²) < 4.78 is 1.74. The Morgan fingerprint density at radius 3 is 3.00 bits per heavy atom. The van der Waals surface area contributed by atoms with Crippen molar-refractivity contribution in [2.75, 3.05) is 0 Å². The van der Waals surface area contributed by atoms with Crippen molar-refractivity contribution in [1.82, 2.24) is 19.7 Å². The van der Waals surface area contributed by atoms with Crippen LogP contribution in [0.5, 0.6) is 0 Å². The maximum atomic E-state index is 11.3. The number of hydrogen-bond acceptors (Lipinski definition) is 5. The minimum Gasteiger partial charge on any atom is -0.365 e. The molecule has 0 aliphatic heterocycles. The van der Waals surface area contributed by atoms with Crippen LogP contribution in [0.15, 0.2) is 36.9 Å². The first-order valence-electron chi connectivity index (χ1n) is 6.32. The summed E-state index contributed by atoms with van der Waals surface area (Å²) in [5, 5.41) is 4.43. The zero-order chi connectivity index (χ0) is 14.8. The number of carbonyl (C=O) groups is 1. The molecule has 3 aromatic heterocycles. The number of carbonyl (C=O) groups excluding carboxylic acids is 1. The quantitative estimate of drug-likeness (QED) is 0.796. The highest BCUT2D eigenvalue weighted by Gasteiger charge is 2.14. The molecule has 0 aliphatic carbocycles. The van der Waals surface area contributed by atoms with Gasteiger partial charge < -0.3 is 5.73 Å². The zero-order valence-corrected chi connectivity index (χ0v) is 12.2. The SMILES string of the molecule is Cc1cc(-c2ncn(Cc3cccnc3)n2)sc1C(N)=O. The van der Waals surface area contributed by atoms with Crippen LogP contribution in [0.4, 0.5) is 0 Å². The van der Waals surface area contributed by atoms with Gasteiger partial charge in [-0.3, -0.25) is 9.78 Å². The molecule has 0 spiro atoms. The highest BCUT2D eigenvalue weighted by molar-refractivity contribution is 7.17.